The maximum atomic E-state index is 13.4. The van der Waals surface area contributed by atoms with Crippen molar-refractivity contribution in [2.24, 2.45) is 0 Å². The lowest BCUT2D eigenvalue weighted by Crippen LogP contribution is -2.55. The molecule has 7 rings (SSSR count). The lowest BCUT2D eigenvalue weighted by molar-refractivity contribution is -0.127. The third-order valence-electron chi connectivity index (χ3n) is 8.38. The smallest absolute Gasteiger partial charge is 0.251 e. The number of aromatic hydroxyl groups is 1. The highest BCUT2D eigenvalue weighted by atomic mass is 19.3. The van der Waals surface area contributed by atoms with E-state index in [2.05, 4.69) is 20.4 Å². The molecule has 2 heterocycles. The van der Waals surface area contributed by atoms with Crippen molar-refractivity contribution in [3.8, 4) is 17.0 Å². The van der Waals surface area contributed by atoms with E-state index in [1.807, 2.05) is 19.1 Å². The van der Waals surface area contributed by atoms with Crippen LogP contribution in [0.25, 0.3) is 11.3 Å². The molecule has 1 aliphatic heterocycles. The van der Waals surface area contributed by atoms with Crippen molar-refractivity contribution in [2.75, 3.05) is 18.4 Å². The second-order valence-electron chi connectivity index (χ2n) is 10.7. The van der Waals surface area contributed by atoms with Crippen LogP contribution in [0.3, 0.4) is 0 Å². The maximum Gasteiger partial charge on any atom is 0.251 e. The van der Waals surface area contributed by atoms with Crippen LogP contribution in [0, 0.1) is 6.92 Å². The van der Waals surface area contributed by atoms with E-state index in [1.54, 1.807) is 6.07 Å². The lowest BCUT2D eigenvalue weighted by atomic mass is 9.66. The molecule has 5 nitrogen and oxygen atoms in total. The fourth-order valence-electron chi connectivity index (χ4n) is 6.64. The summed E-state index contributed by atoms with van der Waals surface area (Å²) in [7, 11) is 0. The van der Waals surface area contributed by atoms with Crippen molar-refractivity contribution in [1.82, 2.24) is 15.1 Å². The Kier molecular flexibility index (Phi) is 5.09. The van der Waals surface area contributed by atoms with Gasteiger partial charge in [0.25, 0.3) is 5.92 Å². The van der Waals surface area contributed by atoms with Gasteiger partial charge in [0.2, 0.25) is 0 Å². The van der Waals surface area contributed by atoms with E-state index in [-0.39, 0.29) is 30.7 Å². The first-order valence-corrected chi connectivity index (χ1v) is 12.5. The molecule has 1 saturated heterocycles. The summed E-state index contributed by atoms with van der Waals surface area (Å²) < 4.78 is 26.8. The number of nitrogens with one attached hydrogen (secondary N) is 1. The molecule has 0 amide bonds. The monoisotopic (exact) mass is 454 g/mol. The predicted octanol–water partition coefficient (Wildman–Crippen LogP) is 5.59. The zero-order valence-corrected chi connectivity index (χ0v) is 19.2. The Morgan fingerprint density at radius 1 is 1.03 bits per heavy atom. The number of rotatable bonds is 4. The topological polar surface area (TPSA) is 61.3 Å². The summed E-state index contributed by atoms with van der Waals surface area (Å²) in [6.07, 6.45) is 6.68. The average Bonchev–Trinajstić information content (AvgIpc) is 2.79. The van der Waals surface area contributed by atoms with Crippen LogP contribution >= 0.6 is 0 Å². The number of piperidine rings is 1. The molecular formula is C26H32F2N4O. The molecule has 4 aliphatic carbocycles. The van der Waals surface area contributed by atoms with Crippen molar-refractivity contribution < 1.29 is 13.9 Å². The number of alkyl halides is 2. The maximum absolute atomic E-state index is 13.4. The lowest BCUT2D eigenvalue weighted by Gasteiger charge is -2.46. The number of phenols is 1. The molecule has 0 radical (unpaired) electrons. The highest BCUT2D eigenvalue weighted by molar-refractivity contribution is 5.74. The summed E-state index contributed by atoms with van der Waals surface area (Å²) in [5.41, 5.74) is 5.15. The standard InChI is InChI=1S/C26H32F2N4O/c1-15-4-9-20(21(33)11-15)24-22-16-5-7-17(8-6-16)23(22)25(31-30-24)29-18-3-2-10-32(14-18)19-12-26(27,28)13-19/h4,9,11,16-19,33H,2-3,5-8,10,12-14H2,1H3,(H,29,31)/t16?,17?,18-/m1/s1. The Bertz CT molecular complexity index is 1060. The fraction of sp³-hybridized carbons (Fsp3) is 0.615. The van der Waals surface area contributed by atoms with Gasteiger partial charge in [-0.15, -0.1) is 10.2 Å². The molecule has 3 fully saturated rings. The van der Waals surface area contributed by atoms with Crippen molar-refractivity contribution >= 4 is 5.82 Å². The Morgan fingerprint density at radius 3 is 2.45 bits per heavy atom. The van der Waals surface area contributed by atoms with E-state index in [4.69, 9.17) is 0 Å². The number of halogens is 2. The van der Waals surface area contributed by atoms with E-state index in [0.29, 0.717) is 11.8 Å². The Hall–Kier alpha value is -2.28. The number of benzene rings is 1. The van der Waals surface area contributed by atoms with Gasteiger partial charge in [-0.05, 0) is 87.1 Å². The van der Waals surface area contributed by atoms with Gasteiger partial charge in [-0.1, -0.05) is 6.07 Å². The molecule has 0 spiro atoms. The third kappa shape index (κ3) is 3.78. The highest BCUT2D eigenvalue weighted by Gasteiger charge is 2.48. The van der Waals surface area contributed by atoms with Gasteiger partial charge in [-0.3, -0.25) is 4.90 Å². The van der Waals surface area contributed by atoms with Gasteiger partial charge in [-0.25, -0.2) is 8.78 Å². The number of phenolic OH excluding ortho intramolecular Hbond substituents is 1. The Balaban J connectivity index is 1.30. The van der Waals surface area contributed by atoms with Crippen LogP contribution in [0.2, 0.25) is 0 Å². The van der Waals surface area contributed by atoms with Gasteiger partial charge in [-0.2, -0.15) is 0 Å². The van der Waals surface area contributed by atoms with E-state index in [0.717, 1.165) is 61.4 Å². The minimum atomic E-state index is -2.48. The first-order valence-electron chi connectivity index (χ1n) is 12.5. The van der Waals surface area contributed by atoms with Crippen LogP contribution in [-0.4, -0.2) is 51.3 Å². The first kappa shape index (κ1) is 21.3. The minimum Gasteiger partial charge on any atom is -0.507 e. The quantitative estimate of drug-likeness (QED) is 0.631. The number of aromatic nitrogens is 2. The Morgan fingerprint density at radius 2 is 1.76 bits per heavy atom. The van der Waals surface area contributed by atoms with Gasteiger partial charge in [0.05, 0.1) is 0 Å². The molecule has 5 aliphatic rings. The normalized spacial score (nSPS) is 28.9. The van der Waals surface area contributed by atoms with Gasteiger partial charge < -0.3 is 10.4 Å². The first-order chi connectivity index (χ1) is 15.9. The van der Waals surface area contributed by atoms with Crippen LogP contribution in [-0.2, 0) is 0 Å². The average molecular weight is 455 g/mol. The van der Waals surface area contributed by atoms with Crippen molar-refractivity contribution in [2.45, 2.75) is 88.1 Å². The van der Waals surface area contributed by atoms with Crippen molar-refractivity contribution in [3.63, 3.8) is 0 Å². The van der Waals surface area contributed by atoms with Crippen LogP contribution in [0.1, 0.15) is 79.9 Å². The molecule has 2 aromatic rings. The van der Waals surface area contributed by atoms with Gasteiger partial charge in [0, 0.05) is 42.6 Å². The van der Waals surface area contributed by atoms with Gasteiger partial charge in [0.1, 0.15) is 11.4 Å². The summed E-state index contributed by atoms with van der Waals surface area (Å²) >= 11 is 0. The molecule has 1 aromatic heterocycles. The van der Waals surface area contributed by atoms with E-state index in [1.165, 1.54) is 24.0 Å². The number of hydrogen-bond acceptors (Lipinski definition) is 5. The summed E-state index contributed by atoms with van der Waals surface area (Å²) in [6, 6.07) is 5.96. The third-order valence-corrected chi connectivity index (χ3v) is 8.38. The number of fused-ring (bicyclic) bond motifs is 2. The molecule has 2 saturated carbocycles. The Labute approximate surface area is 193 Å². The molecule has 2 N–H and O–H groups in total. The van der Waals surface area contributed by atoms with Gasteiger partial charge in [0.15, 0.2) is 5.82 Å². The summed E-state index contributed by atoms with van der Waals surface area (Å²) in [4.78, 5) is 2.24. The van der Waals surface area contributed by atoms with Gasteiger partial charge >= 0.3 is 0 Å². The zero-order valence-electron chi connectivity index (χ0n) is 19.2. The predicted molar refractivity (Wildman–Crippen MR) is 124 cm³/mol. The highest BCUT2D eigenvalue weighted by Crippen LogP contribution is 2.54. The molecule has 176 valence electrons. The fourth-order valence-corrected chi connectivity index (χ4v) is 6.64. The molecule has 1 atom stereocenters. The van der Waals surface area contributed by atoms with Crippen LogP contribution < -0.4 is 5.32 Å². The molecule has 0 unspecified atom stereocenters. The number of aryl methyl sites for hydroxylation is 1. The van der Waals surface area contributed by atoms with E-state index in [9.17, 15) is 13.9 Å². The molecule has 2 bridgehead atoms. The number of likely N-dealkylation sites (tertiary alicyclic amines) is 1. The van der Waals surface area contributed by atoms with Crippen LogP contribution in [0.5, 0.6) is 5.75 Å². The summed E-state index contributed by atoms with van der Waals surface area (Å²) in [6.45, 7) is 3.66. The molecule has 33 heavy (non-hydrogen) atoms. The minimum absolute atomic E-state index is 0.00653. The summed E-state index contributed by atoms with van der Waals surface area (Å²) in [5.74, 6) is -0.419. The number of nitrogens with zero attached hydrogens (tertiary/aromatic N) is 3. The summed E-state index contributed by atoms with van der Waals surface area (Å²) in [5, 5.41) is 23.6. The second kappa shape index (κ2) is 7.90. The number of anilines is 1. The van der Waals surface area contributed by atoms with Crippen LogP contribution in [0.15, 0.2) is 18.2 Å². The second-order valence-corrected chi connectivity index (χ2v) is 10.7. The van der Waals surface area contributed by atoms with Crippen LogP contribution in [0.4, 0.5) is 14.6 Å². The van der Waals surface area contributed by atoms with E-state index >= 15 is 0 Å². The van der Waals surface area contributed by atoms with Crippen molar-refractivity contribution in [1.29, 1.82) is 0 Å². The molecular weight excluding hydrogens is 422 g/mol. The molecule has 7 heteroatoms. The molecule has 1 aromatic carbocycles. The SMILES string of the molecule is Cc1ccc(-c2nnc(N[C@@H]3CCCN(C4CC(F)(F)C4)C3)c3c2C2CCC3CC2)c(O)c1. The number of hydrogen-bond donors (Lipinski definition) is 2. The van der Waals surface area contributed by atoms with E-state index < -0.39 is 5.92 Å². The zero-order chi connectivity index (χ0) is 22.7. The van der Waals surface area contributed by atoms with Crippen molar-refractivity contribution in [3.05, 3.63) is 34.9 Å². The largest absolute Gasteiger partial charge is 0.507 e.